The monoisotopic (exact) mass is 633 g/mol. The van der Waals surface area contributed by atoms with Gasteiger partial charge in [-0.05, 0) is 72.8 Å². The van der Waals surface area contributed by atoms with Gasteiger partial charge in [0.25, 0.3) is 11.1 Å². The standard InChI is InChI=1S/C36H39N7O4/c1-22(44)47-21-29-28(8-7-9-32(29)43-34(45)27-12-11-26(36(2,3)4)16-25(27)19-38-43)30-17-31(35(46)42(6)40-30)39-33-13-10-23(18-37-33)24-14-15-41(5)20-24/h7-13,16-19,24H,14-15,20-21H2,1-6H3,(H,37,39)/t24-/m1/s1. The predicted octanol–water partition coefficient (Wildman–Crippen LogP) is 5.06. The minimum absolute atomic E-state index is 0.0860. The third kappa shape index (κ3) is 6.57. The lowest BCUT2D eigenvalue weighted by molar-refractivity contribution is -0.142. The normalized spacial score (nSPS) is 15.2. The number of nitrogens with one attached hydrogen (secondary N) is 1. The fourth-order valence-electron chi connectivity index (χ4n) is 6.02. The van der Waals surface area contributed by atoms with Gasteiger partial charge in [0.1, 0.15) is 18.1 Å². The molecular weight excluding hydrogens is 594 g/mol. The summed E-state index contributed by atoms with van der Waals surface area (Å²) in [5, 5.41) is 13.5. The molecule has 1 fully saturated rings. The van der Waals surface area contributed by atoms with Crippen LogP contribution < -0.4 is 16.4 Å². The minimum atomic E-state index is -0.478. The highest BCUT2D eigenvalue weighted by Crippen LogP contribution is 2.30. The van der Waals surface area contributed by atoms with Crippen LogP contribution in [-0.4, -0.2) is 55.6 Å². The number of hydrogen-bond acceptors (Lipinski definition) is 9. The number of ether oxygens (including phenoxy) is 1. The molecule has 1 N–H and O–H groups in total. The van der Waals surface area contributed by atoms with Gasteiger partial charge < -0.3 is 15.0 Å². The zero-order valence-corrected chi connectivity index (χ0v) is 27.6. The first-order valence-electron chi connectivity index (χ1n) is 15.7. The van der Waals surface area contributed by atoms with Crippen LogP contribution in [-0.2, 0) is 28.6 Å². The van der Waals surface area contributed by atoms with E-state index in [0.717, 1.165) is 30.5 Å². The zero-order valence-electron chi connectivity index (χ0n) is 27.6. The maximum absolute atomic E-state index is 13.8. The van der Waals surface area contributed by atoms with E-state index in [0.29, 0.717) is 39.6 Å². The van der Waals surface area contributed by atoms with Crippen LogP contribution in [0.5, 0.6) is 0 Å². The molecule has 0 radical (unpaired) electrons. The Balaban J connectivity index is 1.41. The van der Waals surface area contributed by atoms with E-state index in [4.69, 9.17) is 4.74 Å². The van der Waals surface area contributed by atoms with Gasteiger partial charge in [-0.1, -0.05) is 45.0 Å². The summed E-state index contributed by atoms with van der Waals surface area (Å²) in [5.41, 5.74) is 3.78. The topological polar surface area (TPSA) is 124 Å². The van der Waals surface area contributed by atoms with E-state index in [1.165, 1.54) is 21.9 Å². The Kier molecular flexibility index (Phi) is 8.50. The van der Waals surface area contributed by atoms with Gasteiger partial charge in [-0.15, -0.1) is 0 Å². The van der Waals surface area contributed by atoms with Crippen molar-refractivity contribution in [2.24, 2.45) is 7.05 Å². The summed E-state index contributed by atoms with van der Waals surface area (Å²) in [4.78, 5) is 45.9. The van der Waals surface area contributed by atoms with E-state index in [1.54, 1.807) is 31.4 Å². The van der Waals surface area contributed by atoms with E-state index in [1.807, 2.05) is 42.6 Å². The molecule has 5 aromatic rings. The highest BCUT2D eigenvalue weighted by Gasteiger charge is 2.22. The minimum Gasteiger partial charge on any atom is -0.461 e. The number of aryl methyl sites for hydroxylation is 1. The van der Waals surface area contributed by atoms with Crippen molar-refractivity contribution >= 4 is 28.2 Å². The number of likely N-dealkylation sites (N-methyl/N-ethyl adjacent to an activating group) is 1. The lowest BCUT2D eigenvalue weighted by Gasteiger charge is -2.20. The van der Waals surface area contributed by atoms with Crippen molar-refractivity contribution in [1.29, 1.82) is 0 Å². The second-order valence-electron chi connectivity index (χ2n) is 13.2. The summed E-state index contributed by atoms with van der Waals surface area (Å²) >= 11 is 0. The molecule has 0 saturated carbocycles. The van der Waals surface area contributed by atoms with Crippen LogP contribution >= 0.6 is 0 Å². The van der Waals surface area contributed by atoms with E-state index in [-0.39, 0.29) is 28.8 Å². The summed E-state index contributed by atoms with van der Waals surface area (Å²) < 4.78 is 8.03. The molecule has 11 nitrogen and oxygen atoms in total. The average Bonchev–Trinajstić information content (AvgIpc) is 3.48. The molecule has 242 valence electrons. The molecule has 0 aliphatic carbocycles. The number of fused-ring (bicyclic) bond motifs is 1. The first-order valence-corrected chi connectivity index (χ1v) is 15.7. The Morgan fingerprint density at radius 2 is 1.83 bits per heavy atom. The molecule has 4 heterocycles. The highest BCUT2D eigenvalue weighted by atomic mass is 16.5. The molecule has 11 heteroatoms. The molecule has 0 unspecified atom stereocenters. The molecule has 0 spiro atoms. The van der Waals surface area contributed by atoms with Crippen LogP contribution in [0.2, 0.25) is 0 Å². The number of rotatable bonds is 7. The maximum Gasteiger partial charge on any atom is 0.302 e. The second kappa shape index (κ2) is 12.6. The van der Waals surface area contributed by atoms with Crippen LogP contribution in [0.25, 0.3) is 27.7 Å². The summed E-state index contributed by atoms with van der Waals surface area (Å²) in [6.45, 7) is 9.60. The van der Waals surface area contributed by atoms with Crippen LogP contribution in [0.1, 0.15) is 56.7 Å². The van der Waals surface area contributed by atoms with Crippen LogP contribution in [0.4, 0.5) is 11.5 Å². The fourth-order valence-corrected chi connectivity index (χ4v) is 6.02. The molecule has 6 rings (SSSR count). The highest BCUT2D eigenvalue weighted by molar-refractivity contribution is 5.82. The zero-order chi connectivity index (χ0) is 33.5. The van der Waals surface area contributed by atoms with Gasteiger partial charge in [-0.3, -0.25) is 14.4 Å². The molecule has 3 aromatic heterocycles. The smallest absolute Gasteiger partial charge is 0.302 e. The first kappa shape index (κ1) is 31.8. The number of aromatic nitrogens is 5. The number of benzene rings is 2. The molecule has 0 amide bonds. The van der Waals surface area contributed by atoms with Crippen LogP contribution in [0.3, 0.4) is 0 Å². The van der Waals surface area contributed by atoms with Gasteiger partial charge in [0, 0.05) is 43.2 Å². The van der Waals surface area contributed by atoms with Crippen LogP contribution in [0.15, 0.2) is 76.6 Å². The van der Waals surface area contributed by atoms with Gasteiger partial charge in [-0.2, -0.15) is 14.9 Å². The number of anilines is 2. The number of pyridine rings is 1. The summed E-state index contributed by atoms with van der Waals surface area (Å²) in [6.07, 6.45) is 4.62. The third-order valence-electron chi connectivity index (χ3n) is 8.70. The van der Waals surface area contributed by atoms with Gasteiger partial charge in [0.2, 0.25) is 0 Å². The largest absolute Gasteiger partial charge is 0.461 e. The van der Waals surface area contributed by atoms with E-state index in [9.17, 15) is 14.4 Å². The van der Waals surface area contributed by atoms with Crippen molar-refractivity contribution in [3.63, 3.8) is 0 Å². The quantitative estimate of drug-likeness (QED) is 0.245. The Morgan fingerprint density at radius 1 is 1.02 bits per heavy atom. The van der Waals surface area contributed by atoms with Gasteiger partial charge in [0.05, 0.1) is 23.0 Å². The molecule has 47 heavy (non-hydrogen) atoms. The number of esters is 1. The fraction of sp³-hybridized carbons (Fsp3) is 0.333. The first-order chi connectivity index (χ1) is 22.4. The molecule has 0 bridgehead atoms. The lowest BCUT2D eigenvalue weighted by Crippen LogP contribution is -2.24. The molecule has 1 atom stereocenters. The summed E-state index contributed by atoms with van der Waals surface area (Å²) in [7, 11) is 3.69. The lowest BCUT2D eigenvalue weighted by atomic mass is 9.86. The molecule has 1 saturated heterocycles. The second-order valence-corrected chi connectivity index (χ2v) is 13.2. The SMILES string of the molecule is CC(=O)OCc1c(-c2cc(Nc3ccc([C@@H]4CCN(C)C4)cn3)c(=O)n(C)n2)cccc1-n1ncc2cc(C(C)(C)C)ccc2c1=O. The summed E-state index contributed by atoms with van der Waals surface area (Å²) in [6, 6.07) is 16.7. The average molecular weight is 634 g/mol. The van der Waals surface area contributed by atoms with E-state index in [2.05, 4.69) is 53.2 Å². The van der Waals surface area contributed by atoms with Crippen molar-refractivity contribution in [1.82, 2.24) is 29.4 Å². The van der Waals surface area contributed by atoms with Crippen molar-refractivity contribution in [2.75, 3.05) is 25.5 Å². The van der Waals surface area contributed by atoms with Gasteiger partial charge in [-0.25, -0.2) is 9.67 Å². The van der Waals surface area contributed by atoms with Crippen molar-refractivity contribution in [3.05, 3.63) is 104 Å². The number of nitrogens with zero attached hydrogens (tertiary/aromatic N) is 6. The number of hydrogen-bond donors (Lipinski definition) is 1. The molecule has 1 aliphatic rings. The molecule has 1 aliphatic heterocycles. The van der Waals surface area contributed by atoms with E-state index >= 15 is 0 Å². The Morgan fingerprint density at radius 3 is 2.51 bits per heavy atom. The summed E-state index contributed by atoms with van der Waals surface area (Å²) in [5.74, 6) is 0.494. The number of carbonyl (C=O) groups excluding carboxylic acids is 1. The van der Waals surface area contributed by atoms with Gasteiger partial charge in [0.15, 0.2) is 0 Å². The number of likely N-dealkylation sites (tertiary alicyclic amines) is 1. The maximum atomic E-state index is 13.8. The van der Waals surface area contributed by atoms with Crippen LogP contribution in [0, 0.1) is 0 Å². The predicted molar refractivity (Wildman–Crippen MR) is 182 cm³/mol. The Bertz CT molecular complexity index is 2090. The van der Waals surface area contributed by atoms with Gasteiger partial charge >= 0.3 is 5.97 Å². The van der Waals surface area contributed by atoms with Crippen molar-refractivity contribution in [3.8, 4) is 16.9 Å². The Hall–Kier alpha value is -5.16. The third-order valence-corrected chi connectivity index (χ3v) is 8.70. The Labute approximate surface area is 272 Å². The van der Waals surface area contributed by atoms with Crippen molar-refractivity contribution in [2.45, 2.75) is 52.1 Å². The number of carbonyl (C=O) groups is 1. The van der Waals surface area contributed by atoms with Crippen molar-refractivity contribution < 1.29 is 9.53 Å². The molecular formula is C36H39N7O4. The molecule has 2 aromatic carbocycles. The van der Waals surface area contributed by atoms with E-state index < -0.39 is 5.97 Å².